The van der Waals surface area contributed by atoms with Gasteiger partial charge in [0.2, 0.25) is 0 Å². The number of ether oxygens (including phenoxy) is 1. The van der Waals surface area contributed by atoms with Crippen molar-refractivity contribution in [3.05, 3.63) is 151 Å². The molecule has 0 fully saturated rings. The fourth-order valence-electron chi connectivity index (χ4n) is 7.18. The van der Waals surface area contributed by atoms with E-state index in [4.69, 9.17) is 9.15 Å². The highest BCUT2D eigenvalue weighted by atomic mass is 16.5. The summed E-state index contributed by atoms with van der Waals surface area (Å²) in [7, 11) is 0. The van der Waals surface area contributed by atoms with Gasteiger partial charge in [-0.05, 0) is 41.3 Å². The van der Waals surface area contributed by atoms with Gasteiger partial charge in [-0.15, -0.1) is 0 Å². The van der Waals surface area contributed by atoms with Crippen molar-refractivity contribution >= 4 is 60.2 Å². The molecule has 0 bridgehead atoms. The second-order valence-electron chi connectivity index (χ2n) is 11.7. The molecule has 4 heteroatoms. The number of para-hydroxylation sites is 2. The van der Waals surface area contributed by atoms with Gasteiger partial charge in [0, 0.05) is 38.4 Å². The predicted molar refractivity (Wildman–Crippen MR) is 184 cm³/mol. The first-order chi connectivity index (χ1) is 22.3. The van der Waals surface area contributed by atoms with Gasteiger partial charge < -0.3 is 19.0 Å². The molecule has 4 nitrogen and oxygen atoms in total. The molecule has 0 aliphatic carbocycles. The van der Waals surface area contributed by atoms with Crippen LogP contribution < -0.4 is 10.1 Å². The highest BCUT2D eigenvalue weighted by Gasteiger charge is 2.30. The average molecular weight is 579 g/mol. The molecular weight excluding hydrogens is 552 g/mol. The van der Waals surface area contributed by atoms with Gasteiger partial charge in [-0.2, -0.15) is 0 Å². The summed E-state index contributed by atoms with van der Waals surface area (Å²) >= 11 is 0. The fraction of sp³-hybridized carbons (Fsp3) is 0.0244. The molecule has 1 aliphatic heterocycles. The third kappa shape index (κ3) is 3.54. The number of aromatic nitrogens is 1. The van der Waals surface area contributed by atoms with Crippen molar-refractivity contribution < 1.29 is 9.15 Å². The molecule has 0 spiro atoms. The standard InChI is InChI=1S/C41H26N2O2/c1-2-10-25(11-3-1)33-24-36-38(37-32-15-7-9-17-35(32)44-40(33)37)42-41(45-36)27-18-21-28(22-19-27)43-34-16-8-6-14-30(34)31-23-20-26-12-4-5-13-29(26)39(31)43/h1-24,41-42H. The molecule has 1 unspecified atom stereocenters. The maximum atomic E-state index is 6.65. The van der Waals surface area contributed by atoms with Crippen molar-refractivity contribution in [3.8, 4) is 22.6 Å². The number of anilines is 1. The molecule has 1 aliphatic rings. The van der Waals surface area contributed by atoms with Gasteiger partial charge in [0.25, 0.3) is 0 Å². The van der Waals surface area contributed by atoms with Gasteiger partial charge in [0.15, 0.2) is 6.23 Å². The Kier molecular flexibility index (Phi) is 5.02. The summed E-state index contributed by atoms with van der Waals surface area (Å²) in [6.07, 6.45) is -0.323. The number of rotatable bonds is 3. The molecule has 0 saturated carbocycles. The van der Waals surface area contributed by atoms with E-state index in [0.29, 0.717) is 0 Å². The van der Waals surface area contributed by atoms with Crippen LogP contribution in [0.1, 0.15) is 11.8 Å². The second kappa shape index (κ2) is 9.25. The maximum absolute atomic E-state index is 6.65. The Hall–Kier alpha value is -6.00. The zero-order chi connectivity index (χ0) is 29.5. The van der Waals surface area contributed by atoms with Gasteiger partial charge in [-0.1, -0.05) is 115 Å². The summed E-state index contributed by atoms with van der Waals surface area (Å²) in [6.45, 7) is 0. The summed E-state index contributed by atoms with van der Waals surface area (Å²) in [5.41, 5.74) is 9.43. The predicted octanol–water partition coefficient (Wildman–Crippen LogP) is 11.0. The highest BCUT2D eigenvalue weighted by molar-refractivity contribution is 6.19. The largest absolute Gasteiger partial charge is 0.464 e. The van der Waals surface area contributed by atoms with Crippen LogP contribution in [0.15, 0.2) is 150 Å². The minimum atomic E-state index is -0.323. The summed E-state index contributed by atoms with van der Waals surface area (Å²) < 4.78 is 15.5. The van der Waals surface area contributed by atoms with E-state index in [1.807, 2.05) is 18.2 Å². The van der Waals surface area contributed by atoms with E-state index in [-0.39, 0.29) is 6.23 Å². The van der Waals surface area contributed by atoms with E-state index < -0.39 is 0 Å². The van der Waals surface area contributed by atoms with Crippen LogP contribution in [0.5, 0.6) is 5.75 Å². The molecule has 3 heterocycles. The second-order valence-corrected chi connectivity index (χ2v) is 11.7. The number of hydrogen-bond donors (Lipinski definition) is 1. The Labute approximate surface area is 258 Å². The van der Waals surface area contributed by atoms with E-state index in [0.717, 1.165) is 55.8 Å². The quantitative estimate of drug-likeness (QED) is 0.227. The number of nitrogens with zero attached hydrogens (tertiary/aromatic N) is 1. The number of benzene rings is 7. The van der Waals surface area contributed by atoms with Crippen LogP contribution in [0.3, 0.4) is 0 Å². The SMILES string of the molecule is c1ccc(-c2cc3c(c4c2oc2ccccc24)NC(c2ccc(-n4c5ccccc5c5ccc6ccccc6c54)cc2)O3)cc1. The summed E-state index contributed by atoms with van der Waals surface area (Å²) in [6, 6.07) is 51.2. The Morgan fingerprint density at radius 2 is 1.33 bits per heavy atom. The van der Waals surface area contributed by atoms with Crippen LogP contribution in [0, 0.1) is 0 Å². The Morgan fingerprint density at radius 1 is 0.600 bits per heavy atom. The van der Waals surface area contributed by atoms with Crippen molar-refractivity contribution in [2.75, 3.05) is 5.32 Å². The average Bonchev–Trinajstić information content (AvgIpc) is 3.80. The molecule has 212 valence electrons. The van der Waals surface area contributed by atoms with Gasteiger partial charge in [-0.25, -0.2) is 0 Å². The molecular formula is C41H26N2O2. The third-order valence-corrected chi connectivity index (χ3v) is 9.23. The van der Waals surface area contributed by atoms with Crippen LogP contribution in [-0.2, 0) is 0 Å². The lowest BCUT2D eigenvalue weighted by Crippen LogP contribution is -2.10. The number of hydrogen-bond acceptors (Lipinski definition) is 3. The fourth-order valence-corrected chi connectivity index (χ4v) is 7.18. The normalized spacial score (nSPS) is 14.4. The van der Waals surface area contributed by atoms with Gasteiger partial charge in [-0.3, -0.25) is 0 Å². The number of fused-ring (bicyclic) bond motifs is 10. The highest BCUT2D eigenvalue weighted by Crippen LogP contribution is 2.50. The van der Waals surface area contributed by atoms with E-state index in [9.17, 15) is 0 Å². The molecule has 0 saturated heterocycles. The lowest BCUT2D eigenvalue weighted by molar-refractivity contribution is 0.260. The van der Waals surface area contributed by atoms with Crippen molar-refractivity contribution in [2.45, 2.75) is 6.23 Å². The van der Waals surface area contributed by atoms with Crippen molar-refractivity contribution in [1.82, 2.24) is 4.57 Å². The lowest BCUT2D eigenvalue weighted by Gasteiger charge is -2.14. The molecule has 0 radical (unpaired) electrons. The van der Waals surface area contributed by atoms with Crippen LogP contribution in [-0.4, -0.2) is 4.57 Å². The molecule has 0 amide bonds. The lowest BCUT2D eigenvalue weighted by atomic mass is 10.0. The van der Waals surface area contributed by atoms with E-state index in [2.05, 4.69) is 137 Å². The van der Waals surface area contributed by atoms with E-state index in [1.54, 1.807) is 0 Å². The summed E-state index contributed by atoms with van der Waals surface area (Å²) in [4.78, 5) is 0. The van der Waals surface area contributed by atoms with Gasteiger partial charge in [0.1, 0.15) is 16.9 Å². The Bertz CT molecular complexity index is 2590. The first-order valence-electron chi connectivity index (χ1n) is 15.3. The zero-order valence-corrected chi connectivity index (χ0v) is 24.2. The minimum Gasteiger partial charge on any atom is -0.464 e. The molecule has 10 rings (SSSR count). The van der Waals surface area contributed by atoms with Crippen molar-refractivity contribution in [2.24, 2.45) is 0 Å². The number of nitrogens with one attached hydrogen (secondary N) is 1. The van der Waals surface area contributed by atoms with E-state index in [1.165, 1.54) is 32.6 Å². The third-order valence-electron chi connectivity index (χ3n) is 9.23. The molecule has 1 atom stereocenters. The molecule has 7 aromatic carbocycles. The van der Waals surface area contributed by atoms with Crippen molar-refractivity contribution in [1.29, 1.82) is 0 Å². The first-order valence-corrected chi connectivity index (χ1v) is 15.3. The zero-order valence-electron chi connectivity index (χ0n) is 24.2. The van der Waals surface area contributed by atoms with Gasteiger partial charge >= 0.3 is 0 Å². The smallest absolute Gasteiger partial charge is 0.196 e. The van der Waals surface area contributed by atoms with Crippen LogP contribution >= 0.6 is 0 Å². The maximum Gasteiger partial charge on any atom is 0.196 e. The molecule has 2 aromatic heterocycles. The summed E-state index contributed by atoms with van der Waals surface area (Å²) in [5.74, 6) is 0.829. The Morgan fingerprint density at radius 3 is 2.20 bits per heavy atom. The van der Waals surface area contributed by atoms with Crippen LogP contribution in [0.25, 0.3) is 71.3 Å². The van der Waals surface area contributed by atoms with Crippen LogP contribution in [0.4, 0.5) is 5.69 Å². The molecule has 1 N–H and O–H groups in total. The number of furan rings is 1. The molecule has 9 aromatic rings. The first kappa shape index (κ1) is 24.4. The monoisotopic (exact) mass is 578 g/mol. The summed E-state index contributed by atoms with van der Waals surface area (Å²) in [5, 5.41) is 10.8. The molecule has 45 heavy (non-hydrogen) atoms. The topological polar surface area (TPSA) is 39.3 Å². The Balaban J connectivity index is 1.10. The van der Waals surface area contributed by atoms with Crippen LogP contribution in [0.2, 0.25) is 0 Å². The van der Waals surface area contributed by atoms with Crippen molar-refractivity contribution in [3.63, 3.8) is 0 Å². The minimum absolute atomic E-state index is 0.323. The van der Waals surface area contributed by atoms with Gasteiger partial charge in [0.05, 0.1) is 22.1 Å². The van der Waals surface area contributed by atoms with E-state index >= 15 is 0 Å².